The van der Waals surface area contributed by atoms with Crippen LogP contribution in [-0.4, -0.2) is 29.9 Å². The van der Waals surface area contributed by atoms with E-state index in [4.69, 9.17) is 4.74 Å². The van der Waals surface area contributed by atoms with Crippen LogP contribution in [0, 0.1) is 10.1 Å². The van der Waals surface area contributed by atoms with E-state index in [1.807, 2.05) is 0 Å². The topological polar surface area (TPSA) is 95.7 Å². The quantitative estimate of drug-likeness (QED) is 0.325. The van der Waals surface area contributed by atoms with Crippen LogP contribution in [-0.2, 0) is 14.3 Å². The summed E-state index contributed by atoms with van der Waals surface area (Å²) >= 11 is 3.11. The van der Waals surface area contributed by atoms with Crippen LogP contribution in [0.2, 0.25) is 0 Å². The first-order chi connectivity index (χ1) is 9.45. The monoisotopic (exact) mass is 345 g/mol. The van der Waals surface area contributed by atoms with Gasteiger partial charge in [-0.15, -0.1) is 0 Å². The van der Waals surface area contributed by atoms with Crippen LogP contribution in [0.5, 0.6) is 5.75 Å². The van der Waals surface area contributed by atoms with Crippen molar-refractivity contribution in [2.24, 2.45) is 0 Å². The SMILES string of the molecule is CCOC(=O)CC(=O)COc1c(Br)cccc1[N+](=O)[O-]. The summed E-state index contributed by atoms with van der Waals surface area (Å²) in [4.78, 5) is 32.8. The number of ketones is 1. The highest BCUT2D eigenvalue weighted by Gasteiger charge is 2.19. The number of carbonyl (C=O) groups excluding carboxylic acids is 2. The number of hydrogen-bond donors (Lipinski definition) is 0. The van der Waals surface area contributed by atoms with Crippen LogP contribution in [0.3, 0.4) is 0 Å². The van der Waals surface area contributed by atoms with Crippen molar-refractivity contribution >= 4 is 33.4 Å². The highest BCUT2D eigenvalue weighted by Crippen LogP contribution is 2.34. The Hall–Kier alpha value is -1.96. The Kier molecular flexibility index (Phi) is 6.10. The summed E-state index contributed by atoms with van der Waals surface area (Å²) in [7, 11) is 0. The van der Waals surface area contributed by atoms with Crippen LogP contribution in [0.15, 0.2) is 22.7 Å². The van der Waals surface area contributed by atoms with Crippen LogP contribution in [0.4, 0.5) is 5.69 Å². The zero-order valence-corrected chi connectivity index (χ0v) is 12.2. The summed E-state index contributed by atoms with van der Waals surface area (Å²) < 4.78 is 10.1. The third kappa shape index (κ3) is 4.61. The number of nitrogens with zero attached hydrogens (tertiary/aromatic N) is 1. The number of benzene rings is 1. The minimum Gasteiger partial charge on any atom is -0.478 e. The molecular formula is C12H12BrNO6. The van der Waals surface area contributed by atoms with E-state index in [2.05, 4.69) is 20.7 Å². The zero-order valence-electron chi connectivity index (χ0n) is 10.6. The second-order valence-electron chi connectivity index (χ2n) is 3.65. The summed E-state index contributed by atoms with van der Waals surface area (Å²) in [5, 5.41) is 10.8. The molecule has 1 aromatic carbocycles. The standard InChI is InChI=1S/C12H12BrNO6/c1-2-19-11(16)6-8(15)7-20-12-9(13)4-3-5-10(12)14(17)18/h3-5H,2,6-7H2,1H3. The lowest BCUT2D eigenvalue weighted by Crippen LogP contribution is -2.17. The molecule has 0 spiro atoms. The van der Waals surface area contributed by atoms with Gasteiger partial charge in [0.2, 0.25) is 5.75 Å². The molecular weight excluding hydrogens is 334 g/mol. The fraction of sp³-hybridized carbons (Fsp3) is 0.333. The molecule has 0 aliphatic rings. The number of nitro groups is 1. The molecule has 20 heavy (non-hydrogen) atoms. The van der Waals surface area contributed by atoms with E-state index in [1.54, 1.807) is 13.0 Å². The maximum absolute atomic E-state index is 11.5. The number of esters is 1. The Morgan fingerprint density at radius 3 is 2.70 bits per heavy atom. The van der Waals surface area contributed by atoms with Gasteiger partial charge >= 0.3 is 11.7 Å². The van der Waals surface area contributed by atoms with Gasteiger partial charge in [0.1, 0.15) is 13.0 Å². The molecule has 0 bridgehead atoms. The lowest BCUT2D eigenvalue weighted by Gasteiger charge is -2.07. The van der Waals surface area contributed by atoms with Crippen molar-refractivity contribution in [1.29, 1.82) is 0 Å². The maximum atomic E-state index is 11.5. The fourth-order valence-electron chi connectivity index (χ4n) is 1.36. The second kappa shape index (κ2) is 7.59. The molecule has 0 radical (unpaired) electrons. The molecule has 0 amide bonds. The number of rotatable bonds is 7. The number of hydrogen-bond acceptors (Lipinski definition) is 6. The smallest absolute Gasteiger partial charge is 0.313 e. The first kappa shape index (κ1) is 16.1. The normalized spacial score (nSPS) is 9.90. The van der Waals surface area contributed by atoms with Crippen molar-refractivity contribution in [3.8, 4) is 5.75 Å². The first-order valence-electron chi connectivity index (χ1n) is 5.68. The van der Waals surface area contributed by atoms with Crippen LogP contribution in [0.1, 0.15) is 13.3 Å². The molecule has 0 N–H and O–H groups in total. The number of ether oxygens (including phenoxy) is 2. The van der Waals surface area contributed by atoms with Gasteiger partial charge in [0.25, 0.3) is 0 Å². The van der Waals surface area contributed by atoms with Crippen molar-refractivity contribution in [2.75, 3.05) is 13.2 Å². The minimum atomic E-state index is -0.650. The zero-order chi connectivity index (χ0) is 15.1. The molecule has 0 heterocycles. The third-order valence-corrected chi connectivity index (χ3v) is 2.79. The summed E-state index contributed by atoms with van der Waals surface area (Å²) in [6.45, 7) is 1.37. The van der Waals surface area contributed by atoms with Gasteiger partial charge in [0, 0.05) is 6.07 Å². The van der Waals surface area contributed by atoms with Gasteiger partial charge in [0.05, 0.1) is 16.0 Å². The summed E-state index contributed by atoms with van der Waals surface area (Å²) in [5.41, 5.74) is -0.261. The molecule has 1 aromatic rings. The third-order valence-electron chi connectivity index (χ3n) is 2.17. The molecule has 0 atom stereocenters. The van der Waals surface area contributed by atoms with Crippen LogP contribution in [0.25, 0.3) is 0 Å². The summed E-state index contributed by atoms with van der Waals surface area (Å²) in [6, 6.07) is 4.30. The van der Waals surface area contributed by atoms with Gasteiger partial charge < -0.3 is 9.47 Å². The predicted octanol–water partition coefficient (Wildman–Crippen LogP) is 2.26. The molecule has 0 aliphatic heterocycles. The van der Waals surface area contributed by atoms with Gasteiger partial charge in [0.15, 0.2) is 5.78 Å². The van der Waals surface area contributed by atoms with Gasteiger partial charge in [-0.1, -0.05) is 6.07 Å². The molecule has 7 nitrogen and oxygen atoms in total. The molecule has 0 saturated carbocycles. The fourth-order valence-corrected chi connectivity index (χ4v) is 1.83. The van der Waals surface area contributed by atoms with Gasteiger partial charge in [-0.3, -0.25) is 19.7 Å². The molecule has 0 fully saturated rings. The van der Waals surface area contributed by atoms with Gasteiger partial charge in [-0.25, -0.2) is 0 Å². The van der Waals surface area contributed by atoms with E-state index in [9.17, 15) is 19.7 Å². The number of nitro benzene ring substituents is 1. The van der Waals surface area contributed by atoms with E-state index in [1.165, 1.54) is 12.1 Å². The highest BCUT2D eigenvalue weighted by atomic mass is 79.9. The van der Waals surface area contributed by atoms with E-state index in [-0.39, 0.29) is 18.0 Å². The van der Waals surface area contributed by atoms with E-state index >= 15 is 0 Å². The molecule has 108 valence electrons. The largest absolute Gasteiger partial charge is 0.478 e. The summed E-state index contributed by atoms with van der Waals surface area (Å²) in [5.74, 6) is -1.22. The van der Waals surface area contributed by atoms with Crippen molar-refractivity contribution in [1.82, 2.24) is 0 Å². The number of halogens is 1. The average molecular weight is 346 g/mol. The first-order valence-corrected chi connectivity index (χ1v) is 6.48. The number of carbonyl (C=O) groups is 2. The molecule has 0 saturated heterocycles. The van der Waals surface area contributed by atoms with Crippen LogP contribution >= 0.6 is 15.9 Å². The Morgan fingerprint density at radius 2 is 2.10 bits per heavy atom. The second-order valence-corrected chi connectivity index (χ2v) is 4.51. The van der Waals surface area contributed by atoms with Gasteiger partial charge in [-0.2, -0.15) is 0 Å². The van der Waals surface area contributed by atoms with Crippen molar-refractivity contribution in [2.45, 2.75) is 13.3 Å². The number of Topliss-reactive ketones (excluding diaryl/α,β-unsaturated/α-hetero) is 1. The van der Waals surface area contributed by atoms with Crippen LogP contribution < -0.4 is 4.74 Å². The average Bonchev–Trinajstić information content (AvgIpc) is 2.37. The number of para-hydroxylation sites is 1. The molecule has 8 heteroatoms. The van der Waals surface area contributed by atoms with Gasteiger partial charge in [-0.05, 0) is 28.9 Å². The van der Waals surface area contributed by atoms with E-state index < -0.39 is 29.7 Å². The Morgan fingerprint density at radius 1 is 1.40 bits per heavy atom. The summed E-state index contributed by atoms with van der Waals surface area (Å²) in [6.07, 6.45) is -0.425. The van der Waals surface area contributed by atoms with E-state index in [0.29, 0.717) is 4.47 Å². The highest BCUT2D eigenvalue weighted by molar-refractivity contribution is 9.10. The minimum absolute atomic E-state index is 0.0466. The molecule has 0 aliphatic carbocycles. The molecule has 0 aromatic heterocycles. The Labute approximate surface area is 123 Å². The molecule has 0 unspecified atom stereocenters. The van der Waals surface area contributed by atoms with Crippen molar-refractivity contribution in [3.05, 3.63) is 32.8 Å². The Bertz CT molecular complexity index is 531. The maximum Gasteiger partial charge on any atom is 0.313 e. The lowest BCUT2D eigenvalue weighted by atomic mass is 10.3. The molecule has 1 rings (SSSR count). The lowest BCUT2D eigenvalue weighted by molar-refractivity contribution is -0.385. The Balaban J connectivity index is 2.68. The van der Waals surface area contributed by atoms with E-state index in [0.717, 1.165) is 0 Å². The van der Waals surface area contributed by atoms with Crippen molar-refractivity contribution < 1.29 is 24.0 Å². The van der Waals surface area contributed by atoms with Crippen molar-refractivity contribution in [3.63, 3.8) is 0 Å². The predicted molar refractivity (Wildman–Crippen MR) is 72.5 cm³/mol.